The second-order valence-electron chi connectivity index (χ2n) is 9.21. The lowest BCUT2D eigenvalue weighted by Crippen LogP contribution is -2.79. The Bertz CT molecular complexity index is 271. The molecule has 1 rings (SSSR count). The highest BCUT2D eigenvalue weighted by atomic mass is 15.9. The Kier molecular flexibility index (Phi) is 7.73. The lowest BCUT2D eigenvalue weighted by molar-refractivity contribution is -0.349. The van der Waals surface area contributed by atoms with Crippen LogP contribution in [0.15, 0.2) is 0 Å². The van der Waals surface area contributed by atoms with Crippen molar-refractivity contribution in [1.82, 2.24) is 20.0 Å². The maximum atomic E-state index is 2.67. The Hall–Kier alpha value is -0.160. The Labute approximate surface area is 152 Å². The van der Waals surface area contributed by atoms with Crippen LogP contribution in [0.1, 0.15) is 83.1 Å². The zero-order valence-corrected chi connectivity index (χ0v) is 18.4. The molecule has 0 bridgehead atoms. The van der Waals surface area contributed by atoms with Gasteiger partial charge in [0.2, 0.25) is 0 Å². The predicted molar refractivity (Wildman–Crippen MR) is 105 cm³/mol. The van der Waals surface area contributed by atoms with Crippen LogP contribution in [-0.2, 0) is 0 Å². The van der Waals surface area contributed by atoms with Crippen molar-refractivity contribution in [3.63, 3.8) is 0 Å². The summed E-state index contributed by atoms with van der Waals surface area (Å²) >= 11 is 0. The van der Waals surface area contributed by atoms with Crippen molar-refractivity contribution in [1.29, 1.82) is 0 Å². The molecule has 0 amide bonds. The van der Waals surface area contributed by atoms with Gasteiger partial charge in [0.1, 0.15) is 0 Å². The van der Waals surface area contributed by atoms with Crippen molar-refractivity contribution in [2.45, 2.75) is 120 Å². The first-order chi connectivity index (χ1) is 10.9. The number of rotatable bonds is 6. The summed E-state index contributed by atoms with van der Waals surface area (Å²) < 4.78 is 0. The van der Waals surface area contributed by atoms with Gasteiger partial charge in [-0.05, 0) is 67.2 Å². The molecule has 0 aromatic heterocycles. The number of hydrogen-bond donors (Lipinski definition) is 0. The Morgan fingerprint density at radius 2 is 0.542 bits per heavy atom. The minimum Gasteiger partial charge on any atom is -0.219 e. The molecule has 0 aromatic carbocycles. The number of nitrogens with zero attached hydrogens (tertiary/aromatic N) is 4. The molecule has 0 saturated carbocycles. The van der Waals surface area contributed by atoms with E-state index >= 15 is 0 Å². The first-order valence-corrected chi connectivity index (χ1v) is 10.1. The average Bonchev–Trinajstić information content (AvgIpc) is 2.42. The molecule has 4 nitrogen and oxygen atoms in total. The fourth-order valence-corrected chi connectivity index (χ4v) is 4.30. The van der Waals surface area contributed by atoms with E-state index in [2.05, 4.69) is 103 Å². The predicted octanol–water partition coefficient (Wildman–Crippen LogP) is 4.64. The second kappa shape index (κ2) is 8.48. The molecule has 144 valence electrons. The van der Waals surface area contributed by atoms with Gasteiger partial charge in [-0.25, -0.2) is 20.0 Å². The standard InChI is InChI=1S/C20H44N4/c1-13(2)19-21(15(5)6)23(17(9)10)20(14(3)4)24(18(11)12)22(19)16(7)8/h13-20H,1-12H3. The molecule has 24 heavy (non-hydrogen) atoms. The quantitative estimate of drug-likeness (QED) is 0.698. The van der Waals surface area contributed by atoms with Crippen molar-refractivity contribution in [3.8, 4) is 0 Å². The van der Waals surface area contributed by atoms with Gasteiger partial charge in [-0.1, -0.05) is 27.7 Å². The third-order valence-electron chi connectivity index (χ3n) is 4.93. The van der Waals surface area contributed by atoms with Crippen LogP contribution in [0.4, 0.5) is 0 Å². The zero-order chi connectivity index (χ0) is 18.9. The summed E-state index contributed by atoms with van der Waals surface area (Å²) in [7, 11) is 0. The fourth-order valence-electron chi connectivity index (χ4n) is 4.30. The molecule has 0 atom stereocenters. The first-order valence-electron chi connectivity index (χ1n) is 10.1. The van der Waals surface area contributed by atoms with Crippen LogP contribution in [0.2, 0.25) is 0 Å². The number of hydrazine groups is 2. The van der Waals surface area contributed by atoms with E-state index in [0.717, 1.165) is 0 Å². The van der Waals surface area contributed by atoms with Crippen LogP contribution in [0.5, 0.6) is 0 Å². The third-order valence-corrected chi connectivity index (χ3v) is 4.93. The highest BCUT2D eigenvalue weighted by Crippen LogP contribution is 2.37. The van der Waals surface area contributed by atoms with E-state index < -0.39 is 0 Å². The minimum atomic E-state index is 0.393. The summed E-state index contributed by atoms with van der Waals surface area (Å²) in [5, 5.41) is 10.7. The maximum absolute atomic E-state index is 2.67. The van der Waals surface area contributed by atoms with Crippen molar-refractivity contribution in [3.05, 3.63) is 0 Å². The van der Waals surface area contributed by atoms with Crippen LogP contribution < -0.4 is 0 Å². The van der Waals surface area contributed by atoms with Crippen LogP contribution in [-0.4, -0.2) is 56.5 Å². The van der Waals surface area contributed by atoms with Gasteiger partial charge in [-0.15, -0.1) is 0 Å². The van der Waals surface area contributed by atoms with Crippen LogP contribution >= 0.6 is 0 Å². The molecular weight excluding hydrogens is 296 g/mol. The molecule has 0 spiro atoms. The minimum absolute atomic E-state index is 0.393. The molecule has 1 aliphatic heterocycles. The van der Waals surface area contributed by atoms with Gasteiger partial charge in [-0.2, -0.15) is 0 Å². The summed E-state index contributed by atoms with van der Waals surface area (Å²) in [6.07, 6.45) is 0.787. The van der Waals surface area contributed by atoms with Gasteiger partial charge in [0.25, 0.3) is 0 Å². The van der Waals surface area contributed by atoms with Crippen molar-refractivity contribution in [2.75, 3.05) is 0 Å². The molecule has 1 heterocycles. The molecule has 0 aliphatic carbocycles. The van der Waals surface area contributed by atoms with Crippen LogP contribution in [0.3, 0.4) is 0 Å². The molecule has 0 unspecified atom stereocenters. The molecule has 0 N–H and O–H groups in total. The normalized spacial score (nSPS) is 26.2. The highest BCUT2D eigenvalue weighted by Gasteiger charge is 2.50. The monoisotopic (exact) mass is 340 g/mol. The van der Waals surface area contributed by atoms with Crippen molar-refractivity contribution in [2.24, 2.45) is 11.8 Å². The summed E-state index contributed by atoms with van der Waals surface area (Å²) in [5.74, 6) is 1.12. The van der Waals surface area contributed by atoms with E-state index in [9.17, 15) is 0 Å². The molecule has 1 saturated heterocycles. The smallest absolute Gasteiger partial charge is 0.0923 e. The van der Waals surface area contributed by atoms with Gasteiger partial charge < -0.3 is 0 Å². The summed E-state index contributed by atoms with van der Waals surface area (Å²) in [4.78, 5) is 0. The Morgan fingerprint density at radius 3 is 0.625 bits per heavy atom. The van der Waals surface area contributed by atoms with E-state index in [1.54, 1.807) is 0 Å². The molecule has 0 aromatic rings. The van der Waals surface area contributed by atoms with E-state index in [1.165, 1.54) is 0 Å². The highest BCUT2D eigenvalue weighted by molar-refractivity contribution is 4.91. The lowest BCUT2D eigenvalue weighted by Gasteiger charge is -2.65. The van der Waals surface area contributed by atoms with Gasteiger partial charge in [0.05, 0.1) is 12.3 Å². The van der Waals surface area contributed by atoms with Gasteiger partial charge >= 0.3 is 0 Å². The van der Waals surface area contributed by atoms with E-state index in [0.29, 0.717) is 48.3 Å². The van der Waals surface area contributed by atoms with Crippen molar-refractivity contribution < 1.29 is 0 Å². The maximum Gasteiger partial charge on any atom is 0.0923 e. The average molecular weight is 341 g/mol. The molecule has 1 fully saturated rings. The zero-order valence-electron chi connectivity index (χ0n) is 18.4. The fraction of sp³-hybridized carbons (Fsp3) is 1.00. The Balaban J connectivity index is 3.58. The summed E-state index contributed by atoms with van der Waals surface area (Å²) in [5.41, 5.74) is 0. The van der Waals surface area contributed by atoms with E-state index in [-0.39, 0.29) is 0 Å². The topological polar surface area (TPSA) is 13.0 Å². The van der Waals surface area contributed by atoms with Gasteiger partial charge in [0.15, 0.2) is 0 Å². The van der Waals surface area contributed by atoms with Gasteiger partial charge in [0, 0.05) is 24.2 Å². The number of hydrogen-bond acceptors (Lipinski definition) is 4. The second-order valence-corrected chi connectivity index (χ2v) is 9.21. The summed E-state index contributed by atoms with van der Waals surface area (Å²) in [6.45, 7) is 28.2. The van der Waals surface area contributed by atoms with E-state index in [4.69, 9.17) is 0 Å². The third kappa shape index (κ3) is 4.14. The first kappa shape index (κ1) is 21.9. The molecule has 0 radical (unpaired) electrons. The lowest BCUT2D eigenvalue weighted by atomic mass is 10.0. The SMILES string of the molecule is CC(C)C1N(C(C)C)N(C(C)C)C(C(C)C)N(C(C)C)N1C(C)C. The summed E-state index contributed by atoms with van der Waals surface area (Å²) in [6, 6.07) is 1.93. The van der Waals surface area contributed by atoms with Crippen LogP contribution in [0.25, 0.3) is 0 Å². The van der Waals surface area contributed by atoms with Crippen molar-refractivity contribution >= 4 is 0 Å². The van der Waals surface area contributed by atoms with Gasteiger partial charge in [-0.3, -0.25) is 0 Å². The molecule has 4 heteroatoms. The van der Waals surface area contributed by atoms with E-state index in [1.807, 2.05) is 0 Å². The molecule has 1 aliphatic rings. The molecular formula is C20H44N4. The largest absolute Gasteiger partial charge is 0.219 e. The van der Waals surface area contributed by atoms with Crippen LogP contribution in [0, 0.1) is 11.8 Å². The Morgan fingerprint density at radius 1 is 0.375 bits per heavy atom.